The highest BCUT2D eigenvalue weighted by Gasteiger charge is 2.49. The summed E-state index contributed by atoms with van der Waals surface area (Å²) < 4.78 is 27.7. The van der Waals surface area contributed by atoms with Crippen molar-refractivity contribution in [1.82, 2.24) is 5.32 Å². The van der Waals surface area contributed by atoms with Crippen LogP contribution in [0, 0.1) is 0 Å². The molecule has 2 aromatic rings. The Labute approximate surface area is 173 Å². The van der Waals surface area contributed by atoms with Gasteiger partial charge in [0.15, 0.2) is 0 Å². The van der Waals surface area contributed by atoms with E-state index < -0.39 is 17.0 Å². The lowest BCUT2D eigenvalue weighted by molar-refractivity contribution is 0.0279. The van der Waals surface area contributed by atoms with Gasteiger partial charge in [0.25, 0.3) is 5.91 Å². The fraction of sp³-hybridized carbons (Fsp3) is 0.409. The van der Waals surface area contributed by atoms with Crippen LogP contribution in [0.2, 0.25) is 0 Å². The topological polar surface area (TPSA) is 73.9 Å². The number of amides is 1. The fourth-order valence-electron chi connectivity index (χ4n) is 4.30. The number of rotatable bonds is 5. The molecule has 6 nitrogen and oxygen atoms in total. The van der Waals surface area contributed by atoms with Crippen LogP contribution in [0.1, 0.15) is 41.6 Å². The molecule has 1 aliphatic heterocycles. The monoisotopic (exact) mass is 415 g/mol. The summed E-state index contributed by atoms with van der Waals surface area (Å²) in [4.78, 5) is 12.9. The number of ether oxygens (including phenoxy) is 1. The summed E-state index contributed by atoms with van der Waals surface area (Å²) in [6, 6.07) is 17.5. The molecule has 154 valence electrons. The van der Waals surface area contributed by atoms with Gasteiger partial charge >= 0.3 is 11.4 Å². The van der Waals surface area contributed by atoms with Gasteiger partial charge in [-0.3, -0.25) is 13.2 Å². The highest BCUT2D eigenvalue weighted by molar-refractivity contribution is 7.75. The predicted octanol–water partition coefficient (Wildman–Crippen LogP) is 3.30. The molecule has 0 aromatic heterocycles. The van der Waals surface area contributed by atoms with E-state index in [4.69, 9.17) is 13.1 Å². The fourth-order valence-corrected chi connectivity index (χ4v) is 5.16. The minimum Gasteiger partial charge on any atom is -0.496 e. The molecule has 2 fully saturated rings. The Morgan fingerprint density at radius 1 is 1.07 bits per heavy atom. The Balaban J connectivity index is 1.53. The molecular formula is C22H25NO5S. The van der Waals surface area contributed by atoms with E-state index in [9.17, 15) is 9.00 Å². The lowest BCUT2D eigenvalue weighted by Gasteiger charge is -2.43. The lowest BCUT2D eigenvalue weighted by Crippen LogP contribution is -2.48. The molecule has 1 amide bonds. The van der Waals surface area contributed by atoms with Crippen LogP contribution in [-0.2, 0) is 25.1 Å². The van der Waals surface area contributed by atoms with E-state index in [0.717, 1.165) is 25.7 Å². The maximum absolute atomic E-state index is 12.9. The van der Waals surface area contributed by atoms with Gasteiger partial charge in [-0.2, -0.15) is 4.21 Å². The van der Waals surface area contributed by atoms with Gasteiger partial charge in [-0.25, -0.2) is 0 Å². The zero-order valence-corrected chi connectivity index (χ0v) is 17.2. The first-order valence-corrected chi connectivity index (χ1v) is 10.8. The van der Waals surface area contributed by atoms with Crippen molar-refractivity contribution in [2.24, 2.45) is 0 Å². The molecule has 2 aliphatic rings. The maximum atomic E-state index is 12.9. The molecule has 0 radical (unpaired) electrons. The zero-order chi connectivity index (χ0) is 20.3. The number of hydrogen-bond acceptors (Lipinski definition) is 5. The van der Waals surface area contributed by atoms with Gasteiger partial charge in [0.05, 0.1) is 19.3 Å². The van der Waals surface area contributed by atoms with Crippen LogP contribution in [0.15, 0.2) is 54.6 Å². The first-order valence-electron chi connectivity index (χ1n) is 9.77. The van der Waals surface area contributed by atoms with Crippen LogP contribution in [0.3, 0.4) is 0 Å². The summed E-state index contributed by atoms with van der Waals surface area (Å²) >= 11 is -1.65. The van der Waals surface area contributed by atoms with Crippen molar-refractivity contribution in [2.45, 2.75) is 36.7 Å². The van der Waals surface area contributed by atoms with Crippen molar-refractivity contribution >= 4 is 17.3 Å². The number of carbonyl (C=O) groups is 1. The van der Waals surface area contributed by atoms with Crippen molar-refractivity contribution in [3.05, 3.63) is 65.7 Å². The van der Waals surface area contributed by atoms with Crippen LogP contribution in [-0.4, -0.2) is 36.0 Å². The Morgan fingerprint density at radius 2 is 1.76 bits per heavy atom. The maximum Gasteiger partial charge on any atom is 0.305 e. The van der Waals surface area contributed by atoms with Gasteiger partial charge in [0.1, 0.15) is 11.4 Å². The third kappa shape index (κ3) is 4.08. The van der Waals surface area contributed by atoms with Gasteiger partial charge in [-0.05, 0) is 43.4 Å². The molecule has 4 rings (SSSR count). The van der Waals surface area contributed by atoms with Crippen molar-refractivity contribution in [3.8, 4) is 5.75 Å². The van der Waals surface area contributed by atoms with E-state index in [1.807, 2.05) is 30.3 Å². The lowest BCUT2D eigenvalue weighted by atomic mass is 9.65. The second-order valence-corrected chi connectivity index (χ2v) is 8.57. The molecule has 1 heterocycles. The molecule has 1 aliphatic carbocycles. The molecule has 7 heteroatoms. The highest BCUT2D eigenvalue weighted by Crippen LogP contribution is 2.46. The third-order valence-electron chi connectivity index (χ3n) is 6.11. The van der Waals surface area contributed by atoms with Gasteiger partial charge in [-0.15, -0.1) is 0 Å². The van der Waals surface area contributed by atoms with E-state index in [-0.39, 0.29) is 11.3 Å². The molecule has 29 heavy (non-hydrogen) atoms. The van der Waals surface area contributed by atoms with Gasteiger partial charge in [0, 0.05) is 12.0 Å². The van der Waals surface area contributed by atoms with Crippen molar-refractivity contribution in [3.63, 3.8) is 0 Å². The van der Waals surface area contributed by atoms with Crippen molar-refractivity contribution < 1.29 is 22.1 Å². The molecule has 1 saturated heterocycles. The number of methoxy groups -OCH3 is 1. The average molecular weight is 416 g/mol. The summed E-state index contributed by atoms with van der Waals surface area (Å²) in [5.74, 6) is 0.403. The molecule has 0 unspecified atom stereocenters. The number of nitrogens with one attached hydrogen (secondary N) is 1. The van der Waals surface area contributed by atoms with Crippen LogP contribution < -0.4 is 10.1 Å². The summed E-state index contributed by atoms with van der Waals surface area (Å²) in [5, 5.41) is 3.12. The van der Waals surface area contributed by atoms with Crippen LogP contribution in [0.25, 0.3) is 0 Å². The van der Waals surface area contributed by atoms with E-state index >= 15 is 0 Å². The quantitative estimate of drug-likeness (QED) is 0.811. The normalized spacial score (nSPS) is 28.9. The van der Waals surface area contributed by atoms with E-state index in [1.165, 1.54) is 5.56 Å². The van der Waals surface area contributed by atoms with E-state index in [2.05, 4.69) is 17.4 Å². The Morgan fingerprint density at radius 3 is 2.41 bits per heavy atom. The molecule has 1 N–H and O–H groups in total. The summed E-state index contributed by atoms with van der Waals surface area (Å²) in [7, 11) is 1.56. The minimum atomic E-state index is -1.65. The molecule has 0 bridgehead atoms. The molecule has 1 spiro atoms. The van der Waals surface area contributed by atoms with Crippen LogP contribution in [0.5, 0.6) is 5.75 Å². The molecular weight excluding hydrogens is 390 g/mol. The van der Waals surface area contributed by atoms with E-state index in [0.29, 0.717) is 24.5 Å². The van der Waals surface area contributed by atoms with Gasteiger partial charge in [-0.1, -0.05) is 42.5 Å². The van der Waals surface area contributed by atoms with E-state index in [1.54, 1.807) is 19.2 Å². The minimum absolute atomic E-state index is 0.153. The van der Waals surface area contributed by atoms with Crippen LogP contribution >= 0.6 is 0 Å². The number of para-hydroxylation sites is 1. The third-order valence-corrected chi connectivity index (χ3v) is 6.91. The average Bonchev–Trinajstić information content (AvgIpc) is 3.14. The first kappa shape index (κ1) is 20.1. The highest BCUT2D eigenvalue weighted by atomic mass is 32.2. The zero-order valence-electron chi connectivity index (χ0n) is 16.4. The summed E-state index contributed by atoms with van der Waals surface area (Å²) in [6.45, 7) is 0.867. The number of carbonyl (C=O) groups excluding carboxylic acids is 1. The van der Waals surface area contributed by atoms with Crippen molar-refractivity contribution in [2.75, 3.05) is 20.3 Å². The number of hydrogen-bond donors (Lipinski definition) is 1. The van der Waals surface area contributed by atoms with Crippen LogP contribution in [0.4, 0.5) is 0 Å². The standard InChI is InChI=1S/C22H25NO5S/c1-26-19-10-6-5-9-18(19)20(24)23-15-21(17-7-3-2-4-8-17)11-13-22(14-12-21)16-27-29(25)28-22/h2-10H,11-16H2,1H3,(H,23,24)/t21?,22?,29-/m0/s1. The predicted molar refractivity (Wildman–Crippen MR) is 110 cm³/mol. The Bertz CT molecular complexity index is 893. The van der Waals surface area contributed by atoms with Crippen molar-refractivity contribution in [1.29, 1.82) is 0 Å². The molecule has 1 saturated carbocycles. The molecule has 2 aromatic carbocycles. The SMILES string of the molecule is COc1ccccc1C(=O)NCC1(c2ccccc2)CCC2(CC1)CO[S@](=O)O2. The number of benzene rings is 2. The van der Waals surface area contributed by atoms with Gasteiger partial charge in [0.2, 0.25) is 0 Å². The Hall–Kier alpha value is -2.22. The first-order chi connectivity index (χ1) is 14.1. The van der Waals surface area contributed by atoms with Gasteiger partial charge < -0.3 is 10.1 Å². The summed E-state index contributed by atoms with van der Waals surface area (Å²) in [6.07, 6.45) is 3.09. The second-order valence-electron chi connectivity index (χ2n) is 7.76. The Kier molecular flexibility index (Phi) is 5.72. The smallest absolute Gasteiger partial charge is 0.305 e. The summed E-state index contributed by atoms with van der Waals surface area (Å²) in [5.41, 5.74) is 1.02. The molecule has 1 atom stereocenters. The second kappa shape index (κ2) is 8.26. The largest absolute Gasteiger partial charge is 0.496 e.